The van der Waals surface area contributed by atoms with Gasteiger partial charge in [0, 0.05) is 35.5 Å². The second kappa shape index (κ2) is 12.3. The van der Waals surface area contributed by atoms with E-state index in [1.807, 2.05) is 12.1 Å². The van der Waals surface area contributed by atoms with Crippen LogP contribution in [0.15, 0.2) is 90.1 Å². The lowest BCUT2D eigenvalue weighted by molar-refractivity contribution is 0.0953. The second-order valence-corrected chi connectivity index (χ2v) is 9.17. The summed E-state index contributed by atoms with van der Waals surface area (Å²) in [6.07, 6.45) is 1.91. The van der Waals surface area contributed by atoms with Crippen LogP contribution in [0, 0.1) is 0 Å². The molecule has 1 amide bonds. The number of thioether (sulfide) groups is 1. The van der Waals surface area contributed by atoms with Crippen LogP contribution in [0.1, 0.15) is 30.1 Å². The van der Waals surface area contributed by atoms with E-state index in [1.165, 1.54) is 5.56 Å². The maximum absolute atomic E-state index is 12.3. The van der Waals surface area contributed by atoms with E-state index in [0.29, 0.717) is 12.1 Å². The number of methoxy groups -OCH3 is 1. The van der Waals surface area contributed by atoms with Gasteiger partial charge in [-0.05, 0) is 44.0 Å². The van der Waals surface area contributed by atoms with E-state index < -0.39 is 0 Å². The van der Waals surface area contributed by atoms with Crippen molar-refractivity contribution < 1.29 is 9.53 Å². The molecule has 1 aromatic heterocycles. The van der Waals surface area contributed by atoms with Gasteiger partial charge in [0.1, 0.15) is 5.75 Å². The minimum Gasteiger partial charge on any atom is -0.497 e. The van der Waals surface area contributed by atoms with Gasteiger partial charge in [0.25, 0.3) is 5.91 Å². The third-order valence-corrected chi connectivity index (χ3v) is 6.85. The van der Waals surface area contributed by atoms with Gasteiger partial charge in [-0.2, -0.15) is 0 Å². The lowest BCUT2D eigenvalue weighted by Crippen LogP contribution is -2.24. The molecule has 0 aliphatic carbocycles. The summed E-state index contributed by atoms with van der Waals surface area (Å²) < 4.78 is 7.46. The van der Waals surface area contributed by atoms with Crippen molar-refractivity contribution >= 4 is 17.7 Å². The van der Waals surface area contributed by atoms with Crippen LogP contribution in [-0.2, 0) is 6.54 Å². The van der Waals surface area contributed by atoms with E-state index in [0.717, 1.165) is 53.0 Å². The highest BCUT2D eigenvalue weighted by atomic mass is 32.2. The molecule has 6 heteroatoms. The van der Waals surface area contributed by atoms with Crippen LogP contribution in [0.3, 0.4) is 0 Å². The Morgan fingerprint density at radius 1 is 0.914 bits per heavy atom. The average Bonchev–Trinajstić information content (AvgIpc) is 3.30. The first kappa shape index (κ1) is 24.6. The minimum absolute atomic E-state index is 0.0539. The molecule has 5 nitrogen and oxygen atoms in total. The monoisotopic (exact) mass is 485 g/mol. The van der Waals surface area contributed by atoms with Crippen LogP contribution in [-0.4, -0.2) is 34.9 Å². The second-order valence-electron chi connectivity index (χ2n) is 8.11. The number of rotatable bonds is 11. The van der Waals surface area contributed by atoms with Gasteiger partial charge in [-0.25, -0.2) is 4.98 Å². The predicted octanol–water partition coefficient (Wildman–Crippen LogP) is 6.55. The zero-order valence-corrected chi connectivity index (χ0v) is 21.1. The zero-order chi connectivity index (χ0) is 24.5. The Balaban J connectivity index is 1.37. The summed E-state index contributed by atoms with van der Waals surface area (Å²) in [5.41, 5.74) is 5.13. The summed E-state index contributed by atoms with van der Waals surface area (Å²) in [4.78, 5) is 17.4. The molecule has 0 aliphatic heterocycles. The molecule has 0 saturated carbocycles. The number of hydrogen-bond acceptors (Lipinski definition) is 4. The first-order valence-electron chi connectivity index (χ1n) is 12.0. The number of amides is 1. The Morgan fingerprint density at radius 3 is 2.20 bits per heavy atom. The number of nitrogens with zero attached hydrogens (tertiary/aromatic N) is 2. The number of unbranched alkanes of at least 4 members (excludes halogenated alkanes) is 1. The smallest absolute Gasteiger partial charge is 0.251 e. The Morgan fingerprint density at radius 2 is 1.57 bits per heavy atom. The minimum atomic E-state index is -0.0539. The van der Waals surface area contributed by atoms with Gasteiger partial charge in [0.05, 0.1) is 18.5 Å². The van der Waals surface area contributed by atoms with E-state index in [4.69, 9.17) is 9.72 Å². The van der Waals surface area contributed by atoms with Gasteiger partial charge in [-0.15, -0.1) is 0 Å². The number of carbonyl (C=O) groups is 1. The van der Waals surface area contributed by atoms with Crippen molar-refractivity contribution in [3.8, 4) is 28.3 Å². The molecule has 0 aliphatic rings. The Labute approximate surface area is 211 Å². The summed E-state index contributed by atoms with van der Waals surface area (Å²) >= 11 is 1.78. The third kappa shape index (κ3) is 6.14. The standard InChI is InChI=1S/C29H31N3O2S/c1-3-32-27(23-14-8-5-9-15-23)26(22-12-6-4-7-13-22)31-29(32)35-21-11-10-20-30-28(33)24-16-18-25(34-2)19-17-24/h4-9,12-19H,3,10-11,20-21H2,1-2H3,(H,30,33). The Hall–Kier alpha value is -3.51. The van der Waals surface area contributed by atoms with E-state index in [-0.39, 0.29) is 5.91 Å². The highest BCUT2D eigenvalue weighted by Crippen LogP contribution is 2.36. The SMILES string of the molecule is CCn1c(SCCCCNC(=O)c2ccc(OC)cc2)nc(-c2ccccc2)c1-c1ccccc1. The number of aromatic nitrogens is 2. The van der Waals surface area contributed by atoms with Crippen LogP contribution in [0.25, 0.3) is 22.5 Å². The van der Waals surface area contributed by atoms with Crippen molar-refractivity contribution in [1.82, 2.24) is 14.9 Å². The molecule has 0 radical (unpaired) electrons. The number of hydrogen-bond donors (Lipinski definition) is 1. The number of imidazole rings is 1. The maximum atomic E-state index is 12.3. The molecule has 0 unspecified atom stereocenters. The Bertz CT molecular complexity index is 1220. The van der Waals surface area contributed by atoms with Crippen LogP contribution >= 0.6 is 11.8 Å². The van der Waals surface area contributed by atoms with Gasteiger partial charge in [-0.3, -0.25) is 4.79 Å². The number of carbonyl (C=O) groups excluding carboxylic acids is 1. The fraction of sp³-hybridized carbons (Fsp3) is 0.241. The summed E-state index contributed by atoms with van der Waals surface area (Å²) in [6, 6.07) is 28.0. The summed E-state index contributed by atoms with van der Waals surface area (Å²) in [7, 11) is 1.62. The first-order valence-corrected chi connectivity index (χ1v) is 13.0. The molecular formula is C29H31N3O2S. The zero-order valence-electron chi connectivity index (χ0n) is 20.2. The maximum Gasteiger partial charge on any atom is 0.251 e. The Kier molecular flexibility index (Phi) is 8.63. The molecule has 1 heterocycles. The molecule has 4 aromatic rings. The molecule has 0 spiro atoms. The average molecular weight is 486 g/mol. The van der Waals surface area contributed by atoms with Crippen LogP contribution < -0.4 is 10.1 Å². The first-order chi connectivity index (χ1) is 17.2. The fourth-order valence-corrected chi connectivity index (χ4v) is 5.02. The van der Waals surface area contributed by atoms with Crippen molar-refractivity contribution in [2.24, 2.45) is 0 Å². The van der Waals surface area contributed by atoms with Crippen molar-refractivity contribution in [3.63, 3.8) is 0 Å². The normalized spacial score (nSPS) is 10.8. The van der Waals surface area contributed by atoms with Gasteiger partial charge < -0.3 is 14.6 Å². The lowest BCUT2D eigenvalue weighted by atomic mass is 10.0. The van der Waals surface area contributed by atoms with Gasteiger partial charge in [0.15, 0.2) is 5.16 Å². The lowest BCUT2D eigenvalue weighted by Gasteiger charge is -2.11. The van der Waals surface area contributed by atoms with Gasteiger partial charge in [0.2, 0.25) is 0 Å². The van der Waals surface area contributed by atoms with E-state index in [2.05, 4.69) is 65.3 Å². The largest absolute Gasteiger partial charge is 0.497 e. The predicted molar refractivity (Wildman–Crippen MR) is 144 cm³/mol. The van der Waals surface area contributed by atoms with E-state index in [9.17, 15) is 4.79 Å². The molecule has 0 fully saturated rings. The van der Waals surface area contributed by atoms with Crippen molar-refractivity contribution in [3.05, 3.63) is 90.5 Å². The van der Waals surface area contributed by atoms with E-state index >= 15 is 0 Å². The molecule has 0 bridgehead atoms. The van der Waals surface area contributed by atoms with Crippen molar-refractivity contribution in [1.29, 1.82) is 0 Å². The third-order valence-electron chi connectivity index (χ3n) is 5.78. The van der Waals surface area contributed by atoms with Gasteiger partial charge >= 0.3 is 0 Å². The number of benzene rings is 3. The molecule has 180 valence electrons. The van der Waals surface area contributed by atoms with Crippen LogP contribution in [0.2, 0.25) is 0 Å². The molecule has 35 heavy (non-hydrogen) atoms. The van der Waals surface area contributed by atoms with Gasteiger partial charge in [-0.1, -0.05) is 72.4 Å². The van der Waals surface area contributed by atoms with Crippen molar-refractivity contribution in [2.75, 3.05) is 19.4 Å². The molecule has 1 N–H and O–H groups in total. The highest BCUT2D eigenvalue weighted by molar-refractivity contribution is 7.99. The van der Waals surface area contributed by atoms with E-state index in [1.54, 1.807) is 43.1 Å². The topological polar surface area (TPSA) is 56.2 Å². The summed E-state index contributed by atoms with van der Waals surface area (Å²) in [5, 5.41) is 4.04. The van der Waals surface area contributed by atoms with Crippen LogP contribution in [0.4, 0.5) is 0 Å². The van der Waals surface area contributed by atoms with Crippen molar-refractivity contribution in [2.45, 2.75) is 31.5 Å². The molecule has 0 atom stereocenters. The molecular weight excluding hydrogens is 454 g/mol. The number of ether oxygens (including phenoxy) is 1. The fourth-order valence-electron chi connectivity index (χ4n) is 3.96. The quantitative estimate of drug-likeness (QED) is 0.193. The highest BCUT2D eigenvalue weighted by Gasteiger charge is 2.19. The summed E-state index contributed by atoms with van der Waals surface area (Å²) in [6.45, 7) is 3.67. The number of nitrogens with one attached hydrogen (secondary N) is 1. The molecule has 3 aromatic carbocycles. The summed E-state index contributed by atoms with van der Waals surface area (Å²) in [5.74, 6) is 1.63. The molecule has 4 rings (SSSR count). The van der Waals surface area contributed by atoms with Crippen LogP contribution in [0.5, 0.6) is 5.75 Å². The molecule has 0 saturated heterocycles.